The van der Waals surface area contributed by atoms with E-state index in [4.69, 9.17) is 4.74 Å². The minimum Gasteiger partial charge on any atom is -0.444 e. The number of alkyl carbamates (subject to hydrolysis) is 1. The Kier molecular flexibility index (Phi) is 6.58. The molecule has 0 radical (unpaired) electrons. The maximum atomic E-state index is 12.1. The topological polar surface area (TPSA) is 93.7 Å². The third-order valence-corrected chi connectivity index (χ3v) is 3.14. The van der Waals surface area contributed by atoms with Crippen LogP contribution >= 0.6 is 0 Å². The number of halogens is 3. The fourth-order valence-electron chi connectivity index (χ4n) is 2.13. The third-order valence-electron chi connectivity index (χ3n) is 3.14. The fourth-order valence-corrected chi connectivity index (χ4v) is 2.13. The van der Waals surface area contributed by atoms with Crippen molar-refractivity contribution in [3.63, 3.8) is 0 Å². The minimum atomic E-state index is -4.96. The molecule has 1 saturated heterocycles. The Morgan fingerprint density at radius 3 is 2.42 bits per heavy atom. The second kappa shape index (κ2) is 7.82. The van der Waals surface area contributed by atoms with E-state index in [0.29, 0.717) is 13.0 Å². The zero-order valence-electron chi connectivity index (χ0n) is 13.7. The first-order valence-corrected chi connectivity index (χ1v) is 7.38. The largest absolute Gasteiger partial charge is 0.522 e. The zero-order valence-corrected chi connectivity index (χ0v) is 13.7. The fraction of sp³-hybridized carbons (Fsp3) is 0.786. The second-order valence-corrected chi connectivity index (χ2v) is 6.41. The third kappa shape index (κ3) is 7.62. The highest BCUT2D eigenvalue weighted by Crippen LogP contribution is 2.19. The second-order valence-electron chi connectivity index (χ2n) is 6.41. The smallest absolute Gasteiger partial charge is 0.444 e. The van der Waals surface area contributed by atoms with Crippen molar-refractivity contribution in [1.82, 2.24) is 10.6 Å². The summed E-state index contributed by atoms with van der Waals surface area (Å²) in [7, 11) is 0. The van der Waals surface area contributed by atoms with Crippen LogP contribution in [0.3, 0.4) is 0 Å². The number of nitrogens with one attached hydrogen (secondary N) is 2. The van der Waals surface area contributed by atoms with E-state index in [1.54, 1.807) is 20.8 Å². The van der Waals surface area contributed by atoms with Crippen LogP contribution in [0.2, 0.25) is 0 Å². The highest BCUT2D eigenvalue weighted by Gasteiger charge is 2.35. The summed E-state index contributed by atoms with van der Waals surface area (Å²) in [6, 6.07) is -1.31. The number of alkyl halides is 3. The molecule has 0 aromatic rings. The molecule has 2 atom stereocenters. The minimum absolute atomic E-state index is 0.120. The highest BCUT2D eigenvalue weighted by atomic mass is 19.4. The first-order valence-electron chi connectivity index (χ1n) is 7.38. The molecule has 0 aliphatic carbocycles. The van der Waals surface area contributed by atoms with Crippen LogP contribution in [0.15, 0.2) is 0 Å². The summed E-state index contributed by atoms with van der Waals surface area (Å²) in [5.41, 5.74) is -0.842. The molecule has 10 heteroatoms. The Morgan fingerprint density at radius 1 is 1.33 bits per heavy atom. The molecule has 1 unspecified atom stereocenters. The van der Waals surface area contributed by atoms with Gasteiger partial charge in [0.05, 0.1) is 6.04 Å². The molecule has 0 bridgehead atoms. The summed E-state index contributed by atoms with van der Waals surface area (Å²) < 4.78 is 44.7. The number of hydrogen-bond acceptors (Lipinski definition) is 5. The van der Waals surface area contributed by atoms with Crippen LogP contribution in [0.4, 0.5) is 18.0 Å². The van der Waals surface area contributed by atoms with Gasteiger partial charge in [-0.2, -0.15) is 0 Å². The number of Topliss-reactive ketones (excluding diaryl/α,β-unsaturated/α-hetero) is 1. The van der Waals surface area contributed by atoms with Crippen LogP contribution in [-0.4, -0.2) is 48.9 Å². The van der Waals surface area contributed by atoms with Crippen LogP contribution in [0.1, 0.15) is 33.6 Å². The molecule has 1 rings (SSSR count). The summed E-state index contributed by atoms with van der Waals surface area (Å²) in [6.45, 7) is 3.95. The van der Waals surface area contributed by atoms with E-state index in [1.165, 1.54) is 0 Å². The van der Waals surface area contributed by atoms with E-state index in [0.717, 1.165) is 0 Å². The van der Waals surface area contributed by atoms with Crippen molar-refractivity contribution in [1.29, 1.82) is 0 Å². The lowest BCUT2D eigenvalue weighted by molar-refractivity contribution is -0.321. The molecule has 1 aliphatic rings. The molecule has 2 amide bonds. The Morgan fingerprint density at radius 2 is 1.96 bits per heavy atom. The summed E-state index contributed by atoms with van der Waals surface area (Å²) in [5, 5.41) is 4.78. The van der Waals surface area contributed by atoms with E-state index in [1.807, 2.05) is 0 Å². The van der Waals surface area contributed by atoms with Crippen molar-refractivity contribution >= 4 is 17.8 Å². The van der Waals surface area contributed by atoms with Crippen LogP contribution in [0.25, 0.3) is 0 Å². The monoisotopic (exact) mass is 354 g/mol. The number of ketones is 1. The van der Waals surface area contributed by atoms with Gasteiger partial charge in [0.25, 0.3) is 0 Å². The van der Waals surface area contributed by atoms with Gasteiger partial charge in [-0.05, 0) is 33.6 Å². The molecule has 0 saturated carbocycles. The molecular formula is C14H21F3N2O5. The van der Waals surface area contributed by atoms with Crippen molar-refractivity contribution in [3.8, 4) is 0 Å². The standard InChI is InChI=1S/C14H21F3N2O5/c1-13(2,3)24-12(22)19-9(6-8-4-5-18-11(8)21)10(20)7-23-14(15,16)17/h8-9H,4-7H2,1-3H3,(H,18,21)(H,19,22)/t8-,9?/m0/s1. The molecule has 0 aromatic heterocycles. The van der Waals surface area contributed by atoms with Crippen molar-refractivity contribution in [3.05, 3.63) is 0 Å². The van der Waals surface area contributed by atoms with Gasteiger partial charge in [0, 0.05) is 12.5 Å². The van der Waals surface area contributed by atoms with E-state index < -0.39 is 42.4 Å². The Labute approximate surface area is 137 Å². The van der Waals surface area contributed by atoms with Gasteiger partial charge in [-0.1, -0.05) is 0 Å². The summed E-state index contributed by atoms with van der Waals surface area (Å²) in [5.74, 6) is -1.87. The number of carbonyl (C=O) groups excluding carboxylic acids is 3. The highest BCUT2D eigenvalue weighted by molar-refractivity contribution is 5.89. The molecular weight excluding hydrogens is 333 g/mol. The van der Waals surface area contributed by atoms with Gasteiger partial charge >= 0.3 is 12.5 Å². The SMILES string of the molecule is CC(C)(C)OC(=O)NC(C[C@@H]1CCNC1=O)C(=O)COC(F)(F)F. The lowest BCUT2D eigenvalue weighted by atomic mass is 9.96. The van der Waals surface area contributed by atoms with Crippen molar-refractivity contribution in [2.24, 2.45) is 5.92 Å². The van der Waals surface area contributed by atoms with Gasteiger partial charge in [-0.3, -0.25) is 14.3 Å². The molecule has 1 heterocycles. The van der Waals surface area contributed by atoms with Crippen molar-refractivity contribution < 1.29 is 37.0 Å². The average Bonchev–Trinajstić information content (AvgIpc) is 2.77. The Balaban J connectivity index is 2.72. The molecule has 7 nitrogen and oxygen atoms in total. The van der Waals surface area contributed by atoms with Gasteiger partial charge in [0.1, 0.15) is 12.2 Å². The number of hydrogen-bond donors (Lipinski definition) is 2. The normalized spacial score (nSPS) is 19.6. The average molecular weight is 354 g/mol. The van der Waals surface area contributed by atoms with Crippen molar-refractivity contribution in [2.45, 2.75) is 51.6 Å². The summed E-state index contributed by atoms with van der Waals surface area (Å²) in [4.78, 5) is 35.3. The van der Waals surface area contributed by atoms with Crippen LogP contribution < -0.4 is 10.6 Å². The predicted molar refractivity (Wildman–Crippen MR) is 75.9 cm³/mol. The summed E-state index contributed by atoms with van der Waals surface area (Å²) in [6.07, 6.45) is -5.60. The molecule has 2 N–H and O–H groups in total. The number of amides is 2. The number of ether oxygens (including phenoxy) is 2. The van der Waals surface area contributed by atoms with Crippen LogP contribution in [0.5, 0.6) is 0 Å². The predicted octanol–water partition coefficient (Wildman–Crippen LogP) is 1.51. The number of carbonyl (C=O) groups is 3. The Hall–Kier alpha value is -1.84. The van der Waals surface area contributed by atoms with Gasteiger partial charge < -0.3 is 15.4 Å². The van der Waals surface area contributed by atoms with Crippen LogP contribution in [0, 0.1) is 5.92 Å². The van der Waals surface area contributed by atoms with Crippen molar-refractivity contribution in [2.75, 3.05) is 13.2 Å². The van der Waals surface area contributed by atoms with Gasteiger partial charge in [0.2, 0.25) is 5.91 Å². The van der Waals surface area contributed by atoms with Gasteiger partial charge in [-0.25, -0.2) is 4.79 Å². The molecule has 1 fully saturated rings. The van der Waals surface area contributed by atoms with E-state index in [2.05, 4.69) is 15.4 Å². The molecule has 138 valence electrons. The maximum absolute atomic E-state index is 12.1. The molecule has 0 aromatic carbocycles. The van der Waals surface area contributed by atoms with E-state index in [9.17, 15) is 27.6 Å². The lowest BCUT2D eigenvalue weighted by Crippen LogP contribution is -2.46. The first kappa shape index (κ1) is 20.2. The van der Waals surface area contributed by atoms with Crippen LogP contribution in [-0.2, 0) is 19.1 Å². The summed E-state index contributed by atoms with van der Waals surface area (Å²) >= 11 is 0. The van der Waals surface area contributed by atoms with E-state index in [-0.39, 0.29) is 12.3 Å². The lowest BCUT2D eigenvalue weighted by Gasteiger charge is -2.24. The molecule has 0 spiro atoms. The number of rotatable bonds is 6. The zero-order chi connectivity index (χ0) is 18.5. The molecule has 1 aliphatic heterocycles. The van der Waals surface area contributed by atoms with Gasteiger partial charge in [0.15, 0.2) is 5.78 Å². The first-order chi connectivity index (χ1) is 10.9. The molecule has 24 heavy (non-hydrogen) atoms. The quantitative estimate of drug-likeness (QED) is 0.754. The van der Waals surface area contributed by atoms with Gasteiger partial charge in [-0.15, -0.1) is 13.2 Å². The maximum Gasteiger partial charge on any atom is 0.522 e. The van der Waals surface area contributed by atoms with E-state index >= 15 is 0 Å². The Bertz CT molecular complexity index is 488.